The van der Waals surface area contributed by atoms with Gasteiger partial charge in [0.15, 0.2) is 0 Å². The number of fused-ring (bicyclic) bond motifs is 3. The van der Waals surface area contributed by atoms with Crippen molar-refractivity contribution < 1.29 is 32.6 Å². The van der Waals surface area contributed by atoms with Gasteiger partial charge < -0.3 is 19.3 Å². The maximum Gasteiger partial charge on any atom is 0.573 e. The van der Waals surface area contributed by atoms with Gasteiger partial charge in [0.05, 0.1) is 18.5 Å². The zero-order valence-corrected chi connectivity index (χ0v) is 20.5. The molecule has 0 unspecified atom stereocenters. The summed E-state index contributed by atoms with van der Waals surface area (Å²) in [5.41, 5.74) is 4.78. The molecule has 0 spiro atoms. The van der Waals surface area contributed by atoms with E-state index < -0.39 is 12.3 Å². The Morgan fingerprint density at radius 3 is 2.63 bits per heavy atom. The summed E-state index contributed by atoms with van der Waals surface area (Å²) in [6.45, 7) is 2.80. The molecule has 0 atom stereocenters. The van der Waals surface area contributed by atoms with Gasteiger partial charge in [-0.1, -0.05) is 24.3 Å². The Hall–Kier alpha value is -4.34. The van der Waals surface area contributed by atoms with Crippen LogP contribution in [-0.2, 0) is 30.7 Å². The van der Waals surface area contributed by atoms with Gasteiger partial charge >= 0.3 is 12.3 Å². The van der Waals surface area contributed by atoms with Crippen molar-refractivity contribution in [2.75, 3.05) is 6.54 Å². The second-order valence-corrected chi connectivity index (χ2v) is 9.28. The van der Waals surface area contributed by atoms with Gasteiger partial charge in [-0.3, -0.25) is 4.79 Å². The normalized spacial score (nSPS) is 13.4. The molecule has 0 saturated carbocycles. The number of hydrogen-bond donors (Lipinski definition) is 1. The highest BCUT2D eigenvalue weighted by molar-refractivity contribution is 5.89. The Morgan fingerprint density at radius 2 is 1.89 bits per heavy atom. The van der Waals surface area contributed by atoms with E-state index in [2.05, 4.69) is 9.72 Å². The molecule has 0 aliphatic carbocycles. The zero-order chi connectivity index (χ0) is 27.0. The summed E-state index contributed by atoms with van der Waals surface area (Å²) < 4.78 is 44.2. The number of alkyl halides is 3. The fraction of sp³-hybridized carbons (Fsp3) is 0.250. The molecular weight excluding hydrogens is 499 g/mol. The van der Waals surface area contributed by atoms with Crippen LogP contribution >= 0.6 is 0 Å². The van der Waals surface area contributed by atoms with Gasteiger partial charge in [0, 0.05) is 30.4 Å². The van der Waals surface area contributed by atoms with Gasteiger partial charge in [0.2, 0.25) is 5.91 Å². The summed E-state index contributed by atoms with van der Waals surface area (Å²) >= 11 is 0. The number of hydrogen-bond acceptors (Lipinski definition) is 4. The van der Waals surface area contributed by atoms with Gasteiger partial charge in [-0.15, -0.1) is 13.2 Å². The Labute approximate surface area is 216 Å². The molecule has 4 aromatic rings. The lowest BCUT2D eigenvalue weighted by molar-refractivity contribution is -0.274. The van der Waals surface area contributed by atoms with Crippen LogP contribution in [0, 0.1) is 6.92 Å². The van der Waals surface area contributed by atoms with Gasteiger partial charge in [-0.25, -0.2) is 9.78 Å². The number of rotatable bonds is 6. The molecule has 0 radical (unpaired) electrons. The monoisotopic (exact) mass is 523 g/mol. The van der Waals surface area contributed by atoms with Crippen LogP contribution in [0.2, 0.25) is 0 Å². The van der Waals surface area contributed by atoms with Gasteiger partial charge in [0.25, 0.3) is 0 Å². The summed E-state index contributed by atoms with van der Waals surface area (Å²) in [6.07, 6.45) is -2.37. The summed E-state index contributed by atoms with van der Waals surface area (Å²) in [5.74, 6) is -1.40. The molecule has 1 aliphatic heterocycles. The number of pyridine rings is 1. The molecule has 5 rings (SSSR count). The van der Waals surface area contributed by atoms with Crippen LogP contribution in [0.25, 0.3) is 11.0 Å². The van der Waals surface area contributed by atoms with Crippen LogP contribution in [0.1, 0.15) is 38.3 Å². The van der Waals surface area contributed by atoms with E-state index in [0.717, 1.165) is 22.2 Å². The number of aromatic nitrogens is 2. The third kappa shape index (κ3) is 5.20. The van der Waals surface area contributed by atoms with Crippen molar-refractivity contribution in [1.82, 2.24) is 14.5 Å². The highest BCUT2D eigenvalue weighted by atomic mass is 19.4. The third-order valence-corrected chi connectivity index (χ3v) is 6.72. The van der Waals surface area contributed by atoms with E-state index in [1.165, 1.54) is 24.3 Å². The minimum absolute atomic E-state index is 0.0940. The van der Waals surface area contributed by atoms with Crippen LogP contribution in [0.4, 0.5) is 13.2 Å². The molecular formula is C28H24F3N3O4. The smallest absolute Gasteiger partial charge is 0.478 e. The van der Waals surface area contributed by atoms with Crippen LogP contribution < -0.4 is 4.74 Å². The lowest BCUT2D eigenvalue weighted by atomic mass is 10.0. The zero-order valence-electron chi connectivity index (χ0n) is 20.5. The van der Waals surface area contributed by atoms with Crippen molar-refractivity contribution in [1.29, 1.82) is 0 Å². The quantitative estimate of drug-likeness (QED) is 0.379. The molecule has 0 bridgehead atoms. The largest absolute Gasteiger partial charge is 0.573 e. The second kappa shape index (κ2) is 9.85. The number of carboxylic acids is 1. The van der Waals surface area contributed by atoms with Crippen molar-refractivity contribution in [3.63, 3.8) is 0 Å². The number of aryl methyl sites for hydroxylation is 1. The summed E-state index contributed by atoms with van der Waals surface area (Å²) in [4.78, 5) is 30.8. The van der Waals surface area contributed by atoms with Crippen LogP contribution in [-0.4, -0.2) is 44.3 Å². The van der Waals surface area contributed by atoms with Crippen molar-refractivity contribution >= 4 is 22.9 Å². The number of carboxylic acid groups (broad SMARTS) is 1. The molecule has 2 aromatic heterocycles. The molecule has 10 heteroatoms. The second-order valence-electron chi connectivity index (χ2n) is 9.28. The van der Waals surface area contributed by atoms with Gasteiger partial charge in [-0.05, 0) is 65.9 Å². The molecule has 1 aliphatic rings. The molecule has 7 nitrogen and oxygen atoms in total. The van der Waals surface area contributed by atoms with E-state index in [-0.39, 0.29) is 30.2 Å². The lowest BCUT2D eigenvalue weighted by Crippen LogP contribution is -2.37. The van der Waals surface area contributed by atoms with E-state index in [4.69, 9.17) is 0 Å². The number of benzene rings is 2. The van der Waals surface area contributed by atoms with Gasteiger partial charge in [-0.2, -0.15) is 0 Å². The Morgan fingerprint density at radius 1 is 1.08 bits per heavy atom. The summed E-state index contributed by atoms with van der Waals surface area (Å²) in [7, 11) is 0. The lowest BCUT2D eigenvalue weighted by Gasteiger charge is -2.29. The fourth-order valence-electron chi connectivity index (χ4n) is 5.03. The number of carbonyl (C=O) groups is 2. The first-order valence-electron chi connectivity index (χ1n) is 12.0. The average Bonchev–Trinajstić information content (AvgIpc) is 3.16. The first kappa shape index (κ1) is 25.3. The number of amides is 1. The third-order valence-electron chi connectivity index (χ3n) is 6.72. The number of carbonyl (C=O) groups excluding carboxylic acids is 1. The highest BCUT2D eigenvalue weighted by Gasteiger charge is 2.31. The topological polar surface area (TPSA) is 84.7 Å². The maximum absolute atomic E-state index is 13.2. The van der Waals surface area contributed by atoms with E-state index in [9.17, 15) is 27.9 Å². The predicted octanol–water partition coefficient (Wildman–Crippen LogP) is 5.12. The Bertz CT molecular complexity index is 1540. The maximum atomic E-state index is 13.2. The van der Waals surface area contributed by atoms with E-state index in [1.807, 2.05) is 16.7 Å². The molecule has 1 amide bonds. The SMILES string of the molecule is Cc1cc(CC(=O)N2CCc3c(n(Cc4cccc(OC(F)(F)F)c4)c4ncccc34)C2)ccc1C(=O)O. The van der Waals surface area contributed by atoms with Crippen molar-refractivity contribution in [3.05, 3.63) is 94.3 Å². The number of aromatic carboxylic acids is 1. The first-order valence-corrected chi connectivity index (χ1v) is 12.0. The van der Waals surface area contributed by atoms with Crippen molar-refractivity contribution in [2.45, 2.75) is 39.2 Å². The summed E-state index contributed by atoms with van der Waals surface area (Å²) in [6, 6.07) is 14.5. The van der Waals surface area contributed by atoms with Crippen LogP contribution in [0.5, 0.6) is 5.75 Å². The Balaban J connectivity index is 1.42. The molecule has 38 heavy (non-hydrogen) atoms. The minimum Gasteiger partial charge on any atom is -0.478 e. The van der Waals surface area contributed by atoms with Crippen LogP contribution in [0.3, 0.4) is 0 Å². The number of halogens is 3. The van der Waals surface area contributed by atoms with Gasteiger partial charge in [0.1, 0.15) is 11.4 Å². The van der Waals surface area contributed by atoms with E-state index >= 15 is 0 Å². The molecule has 196 valence electrons. The fourth-order valence-corrected chi connectivity index (χ4v) is 5.03. The van der Waals surface area contributed by atoms with E-state index in [1.54, 1.807) is 36.2 Å². The van der Waals surface area contributed by atoms with E-state index in [0.29, 0.717) is 36.3 Å². The summed E-state index contributed by atoms with van der Waals surface area (Å²) in [5, 5.41) is 10.2. The van der Waals surface area contributed by atoms with Crippen molar-refractivity contribution in [3.8, 4) is 5.75 Å². The first-order chi connectivity index (χ1) is 18.1. The average molecular weight is 524 g/mol. The molecule has 0 fully saturated rings. The molecule has 0 saturated heterocycles. The highest BCUT2D eigenvalue weighted by Crippen LogP contribution is 2.32. The van der Waals surface area contributed by atoms with Crippen LogP contribution in [0.15, 0.2) is 60.8 Å². The molecule has 1 N–H and O–H groups in total. The number of ether oxygens (including phenoxy) is 1. The Kier molecular flexibility index (Phi) is 6.56. The number of nitrogens with zero attached hydrogens (tertiary/aromatic N) is 3. The predicted molar refractivity (Wildman–Crippen MR) is 133 cm³/mol. The van der Waals surface area contributed by atoms with Crippen molar-refractivity contribution in [2.24, 2.45) is 0 Å². The molecule has 3 heterocycles. The molecule has 2 aromatic carbocycles. The minimum atomic E-state index is -4.78. The standard InChI is InChI=1S/C28H24F3N3O4/c1-17-12-18(7-8-21(17)27(36)37)14-25(35)33-11-9-22-23-6-3-10-32-26(23)34(24(22)16-33)15-19-4-2-5-20(13-19)38-28(29,30)31/h2-8,10,12-13H,9,11,14-16H2,1H3,(H,36,37).